The first-order valence-corrected chi connectivity index (χ1v) is 9.93. The number of nitrogens with zero attached hydrogens (tertiary/aromatic N) is 2. The van der Waals surface area contributed by atoms with Gasteiger partial charge in [-0.3, -0.25) is 9.78 Å². The van der Waals surface area contributed by atoms with Crippen LogP contribution in [0.3, 0.4) is 0 Å². The molecule has 0 spiro atoms. The Kier molecular flexibility index (Phi) is 4.76. The third-order valence-corrected chi connectivity index (χ3v) is 6.20. The molecule has 6 nitrogen and oxygen atoms in total. The Morgan fingerprint density at radius 1 is 1.24 bits per heavy atom. The standard InChI is InChI=1S/C18H21N3O3S/c1-13-3-5-14(6-4-13)20-18(22)17-11-15(7-9-19-17)21(2)16-8-10-25(23,24)12-16/h3-7,9,11,16H,8,10,12H2,1-2H3,(H,20,22). The number of benzene rings is 1. The number of aromatic nitrogens is 1. The van der Waals surface area contributed by atoms with Gasteiger partial charge < -0.3 is 10.2 Å². The molecule has 3 rings (SSSR count). The van der Waals surface area contributed by atoms with Gasteiger partial charge in [0.15, 0.2) is 9.84 Å². The molecule has 1 fully saturated rings. The van der Waals surface area contributed by atoms with Crippen LogP contribution < -0.4 is 10.2 Å². The minimum absolute atomic E-state index is 0.0691. The van der Waals surface area contributed by atoms with E-state index >= 15 is 0 Å². The largest absolute Gasteiger partial charge is 0.370 e. The first-order valence-electron chi connectivity index (χ1n) is 8.11. The maximum Gasteiger partial charge on any atom is 0.274 e. The topological polar surface area (TPSA) is 79.4 Å². The number of hydrogen-bond donors (Lipinski definition) is 1. The van der Waals surface area contributed by atoms with Crippen molar-refractivity contribution >= 4 is 27.1 Å². The van der Waals surface area contributed by atoms with E-state index in [0.29, 0.717) is 17.8 Å². The van der Waals surface area contributed by atoms with Gasteiger partial charge in [0.25, 0.3) is 5.91 Å². The normalized spacial score (nSPS) is 18.7. The summed E-state index contributed by atoms with van der Waals surface area (Å²) in [5.41, 5.74) is 2.90. The number of aryl methyl sites for hydroxylation is 1. The molecule has 1 aromatic carbocycles. The van der Waals surface area contributed by atoms with Crippen LogP contribution in [-0.4, -0.2) is 43.9 Å². The SMILES string of the molecule is Cc1ccc(NC(=O)c2cc(N(C)C3CCS(=O)(=O)C3)ccn2)cc1. The Morgan fingerprint density at radius 2 is 1.96 bits per heavy atom. The van der Waals surface area contributed by atoms with Gasteiger partial charge in [0.1, 0.15) is 5.69 Å². The molecular formula is C18H21N3O3S. The molecule has 1 saturated heterocycles. The van der Waals surface area contributed by atoms with Gasteiger partial charge in [-0.1, -0.05) is 17.7 Å². The summed E-state index contributed by atoms with van der Waals surface area (Å²) in [4.78, 5) is 18.5. The van der Waals surface area contributed by atoms with Crippen LogP contribution in [0.25, 0.3) is 0 Å². The van der Waals surface area contributed by atoms with E-state index in [2.05, 4.69) is 10.3 Å². The molecule has 132 valence electrons. The maximum absolute atomic E-state index is 12.4. The highest BCUT2D eigenvalue weighted by molar-refractivity contribution is 7.91. The molecule has 1 amide bonds. The van der Waals surface area contributed by atoms with E-state index in [0.717, 1.165) is 11.3 Å². The summed E-state index contributed by atoms with van der Waals surface area (Å²) < 4.78 is 23.4. The van der Waals surface area contributed by atoms with Crippen molar-refractivity contribution in [2.24, 2.45) is 0 Å². The van der Waals surface area contributed by atoms with E-state index in [9.17, 15) is 13.2 Å². The van der Waals surface area contributed by atoms with Gasteiger partial charge in [0.05, 0.1) is 11.5 Å². The van der Waals surface area contributed by atoms with Gasteiger partial charge in [0, 0.05) is 30.7 Å². The smallest absolute Gasteiger partial charge is 0.274 e. The van der Waals surface area contributed by atoms with Crippen LogP contribution >= 0.6 is 0 Å². The van der Waals surface area contributed by atoms with E-state index in [1.165, 1.54) is 0 Å². The predicted molar refractivity (Wildman–Crippen MR) is 98.8 cm³/mol. The monoisotopic (exact) mass is 359 g/mol. The van der Waals surface area contributed by atoms with Crippen molar-refractivity contribution in [2.45, 2.75) is 19.4 Å². The predicted octanol–water partition coefficient (Wildman–Crippen LogP) is 2.27. The Bertz CT molecular complexity index is 879. The molecule has 1 aliphatic heterocycles. The van der Waals surface area contributed by atoms with Crippen molar-refractivity contribution in [3.63, 3.8) is 0 Å². The molecule has 0 saturated carbocycles. The summed E-state index contributed by atoms with van der Waals surface area (Å²) in [5.74, 6) is 0.0723. The zero-order chi connectivity index (χ0) is 18.0. The van der Waals surface area contributed by atoms with Crippen LogP contribution in [-0.2, 0) is 9.84 Å². The number of hydrogen-bond acceptors (Lipinski definition) is 5. The highest BCUT2D eigenvalue weighted by atomic mass is 32.2. The van der Waals surface area contributed by atoms with E-state index in [1.54, 1.807) is 18.3 Å². The lowest BCUT2D eigenvalue weighted by Gasteiger charge is -2.25. The first kappa shape index (κ1) is 17.4. The summed E-state index contributed by atoms with van der Waals surface area (Å²) in [6, 6.07) is 10.9. The Labute approximate surface area is 147 Å². The average Bonchev–Trinajstić information content (AvgIpc) is 2.96. The van der Waals surface area contributed by atoms with Gasteiger partial charge in [-0.05, 0) is 37.6 Å². The Balaban J connectivity index is 1.74. The van der Waals surface area contributed by atoms with Crippen LogP contribution in [0.1, 0.15) is 22.5 Å². The molecule has 1 aliphatic rings. The molecule has 25 heavy (non-hydrogen) atoms. The minimum Gasteiger partial charge on any atom is -0.370 e. The number of amides is 1. The molecular weight excluding hydrogens is 338 g/mol. The van der Waals surface area contributed by atoms with E-state index in [4.69, 9.17) is 0 Å². The molecule has 1 unspecified atom stereocenters. The third-order valence-electron chi connectivity index (χ3n) is 4.45. The van der Waals surface area contributed by atoms with Crippen molar-refractivity contribution in [2.75, 3.05) is 28.8 Å². The van der Waals surface area contributed by atoms with Crippen molar-refractivity contribution in [1.29, 1.82) is 0 Å². The summed E-state index contributed by atoms with van der Waals surface area (Å²) in [6.07, 6.45) is 2.17. The van der Waals surface area contributed by atoms with Gasteiger partial charge in [-0.15, -0.1) is 0 Å². The molecule has 0 aliphatic carbocycles. The lowest BCUT2D eigenvalue weighted by molar-refractivity contribution is 0.102. The van der Waals surface area contributed by atoms with Crippen molar-refractivity contribution in [3.8, 4) is 0 Å². The fraction of sp³-hybridized carbons (Fsp3) is 0.333. The second-order valence-corrected chi connectivity index (χ2v) is 8.62. The Morgan fingerprint density at radius 3 is 2.60 bits per heavy atom. The molecule has 1 aromatic heterocycles. The molecule has 0 bridgehead atoms. The van der Waals surface area contributed by atoms with Gasteiger partial charge >= 0.3 is 0 Å². The molecule has 2 heterocycles. The molecule has 7 heteroatoms. The van der Waals surface area contributed by atoms with Crippen molar-refractivity contribution in [3.05, 3.63) is 53.9 Å². The summed E-state index contributed by atoms with van der Waals surface area (Å²) >= 11 is 0. The maximum atomic E-state index is 12.4. The fourth-order valence-electron chi connectivity index (χ4n) is 2.89. The second-order valence-electron chi connectivity index (χ2n) is 6.39. The zero-order valence-electron chi connectivity index (χ0n) is 14.3. The highest BCUT2D eigenvalue weighted by Crippen LogP contribution is 2.23. The van der Waals surface area contributed by atoms with E-state index in [-0.39, 0.29) is 23.5 Å². The molecule has 0 radical (unpaired) electrons. The molecule has 2 aromatic rings. The number of anilines is 2. The Hall–Kier alpha value is -2.41. The number of nitrogens with one attached hydrogen (secondary N) is 1. The number of carbonyl (C=O) groups is 1. The van der Waals surface area contributed by atoms with Gasteiger partial charge in [-0.2, -0.15) is 0 Å². The first-order chi connectivity index (χ1) is 11.8. The van der Waals surface area contributed by atoms with Crippen molar-refractivity contribution in [1.82, 2.24) is 4.98 Å². The van der Waals surface area contributed by atoms with Crippen LogP contribution in [0.4, 0.5) is 11.4 Å². The van der Waals surface area contributed by atoms with E-state index < -0.39 is 9.84 Å². The van der Waals surface area contributed by atoms with Gasteiger partial charge in [0.2, 0.25) is 0 Å². The zero-order valence-corrected chi connectivity index (χ0v) is 15.1. The summed E-state index contributed by atoms with van der Waals surface area (Å²) in [6.45, 7) is 1.98. The van der Waals surface area contributed by atoms with E-state index in [1.807, 2.05) is 43.1 Å². The quantitative estimate of drug-likeness (QED) is 0.906. The van der Waals surface area contributed by atoms with Crippen LogP contribution in [0.2, 0.25) is 0 Å². The number of carbonyl (C=O) groups excluding carboxylic acids is 1. The lowest BCUT2D eigenvalue weighted by atomic mass is 10.2. The number of sulfone groups is 1. The minimum atomic E-state index is -2.96. The van der Waals surface area contributed by atoms with Gasteiger partial charge in [-0.25, -0.2) is 8.42 Å². The second kappa shape index (κ2) is 6.84. The average molecular weight is 359 g/mol. The third kappa shape index (κ3) is 4.17. The highest BCUT2D eigenvalue weighted by Gasteiger charge is 2.31. The van der Waals surface area contributed by atoms with Crippen LogP contribution in [0.5, 0.6) is 0 Å². The summed E-state index contributed by atoms with van der Waals surface area (Å²) in [5, 5.41) is 2.82. The van der Waals surface area contributed by atoms with Crippen LogP contribution in [0.15, 0.2) is 42.6 Å². The lowest BCUT2D eigenvalue weighted by Crippen LogP contribution is -2.32. The number of pyridine rings is 1. The summed E-state index contributed by atoms with van der Waals surface area (Å²) in [7, 11) is -1.11. The molecule has 1 atom stereocenters. The number of rotatable bonds is 4. The fourth-order valence-corrected chi connectivity index (χ4v) is 4.66. The molecule has 1 N–H and O–H groups in total. The van der Waals surface area contributed by atoms with Crippen molar-refractivity contribution < 1.29 is 13.2 Å². The van der Waals surface area contributed by atoms with Crippen LogP contribution in [0, 0.1) is 6.92 Å².